The second-order valence-corrected chi connectivity index (χ2v) is 5.65. The first kappa shape index (κ1) is 14.6. The zero-order valence-corrected chi connectivity index (χ0v) is 11.7. The van der Waals surface area contributed by atoms with Crippen LogP contribution < -0.4 is 5.73 Å². The van der Waals surface area contributed by atoms with Crippen LogP contribution in [0.2, 0.25) is 0 Å². The Morgan fingerprint density at radius 3 is 2.44 bits per heavy atom. The lowest BCUT2D eigenvalue weighted by atomic mass is 9.84. The molecule has 6 nitrogen and oxygen atoms in total. The molecule has 18 heavy (non-hydrogen) atoms. The van der Waals surface area contributed by atoms with Gasteiger partial charge in [-0.3, -0.25) is 14.8 Å². The van der Waals surface area contributed by atoms with Crippen LogP contribution in [0.5, 0.6) is 0 Å². The Balaban J connectivity index is 3.16. The summed E-state index contributed by atoms with van der Waals surface area (Å²) in [5.74, 6) is 0. The molecule has 1 heterocycles. The van der Waals surface area contributed by atoms with Crippen LogP contribution in [0.25, 0.3) is 0 Å². The van der Waals surface area contributed by atoms with E-state index in [-0.39, 0.29) is 22.1 Å². The van der Waals surface area contributed by atoms with Crippen LogP contribution in [0, 0.1) is 15.5 Å². The molecule has 0 aliphatic heterocycles. The molecule has 0 saturated carbocycles. The van der Waals surface area contributed by atoms with E-state index in [0.29, 0.717) is 24.2 Å². The van der Waals surface area contributed by atoms with Gasteiger partial charge in [-0.2, -0.15) is 5.10 Å². The van der Waals surface area contributed by atoms with Crippen LogP contribution in [0.15, 0.2) is 0 Å². The standard InChI is InChI=1S/C12H22N4O2/c1-6-8-11(16(17)18)9(15(5)14-8)7-10(13)12(2,3)4/h10H,6-7,13H2,1-5H3. The van der Waals surface area contributed by atoms with E-state index in [1.807, 2.05) is 27.7 Å². The molecule has 102 valence electrons. The van der Waals surface area contributed by atoms with Crippen molar-refractivity contribution in [1.82, 2.24) is 9.78 Å². The highest BCUT2D eigenvalue weighted by molar-refractivity contribution is 5.41. The highest BCUT2D eigenvalue weighted by Crippen LogP contribution is 2.28. The van der Waals surface area contributed by atoms with E-state index in [9.17, 15) is 10.1 Å². The Labute approximate surface area is 107 Å². The zero-order chi connectivity index (χ0) is 14.1. The van der Waals surface area contributed by atoms with Crippen LogP contribution in [0.4, 0.5) is 5.69 Å². The molecule has 0 spiro atoms. The predicted molar refractivity (Wildman–Crippen MR) is 70.4 cm³/mol. The maximum Gasteiger partial charge on any atom is 0.313 e. The minimum atomic E-state index is -0.351. The molecule has 0 radical (unpaired) electrons. The normalized spacial score (nSPS) is 13.7. The zero-order valence-electron chi connectivity index (χ0n) is 11.7. The van der Waals surface area contributed by atoms with Gasteiger partial charge in [0.1, 0.15) is 11.4 Å². The highest BCUT2D eigenvalue weighted by Gasteiger charge is 2.30. The smallest absolute Gasteiger partial charge is 0.313 e. The fraction of sp³-hybridized carbons (Fsp3) is 0.750. The first-order chi connectivity index (χ1) is 8.18. The number of nitrogens with zero attached hydrogens (tertiary/aromatic N) is 3. The van der Waals surface area contributed by atoms with E-state index >= 15 is 0 Å². The lowest BCUT2D eigenvalue weighted by molar-refractivity contribution is -0.386. The summed E-state index contributed by atoms with van der Waals surface area (Å²) in [6.07, 6.45) is 1.01. The van der Waals surface area contributed by atoms with E-state index in [4.69, 9.17) is 5.73 Å². The Morgan fingerprint density at radius 2 is 2.06 bits per heavy atom. The first-order valence-corrected chi connectivity index (χ1v) is 6.13. The summed E-state index contributed by atoms with van der Waals surface area (Å²) in [6, 6.07) is -0.142. The summed E-state index contributed by atoms with van der Waals surface area (Å²) in [7, 11) is 1.73. The van der Waals surface area contributed by atoms with Gasteiger partial charge in [0, 0.05) is 19.5 Å². The van der Waals surface area contributed by atoms with Crippen molar-refractivity contribution >= 4 is 5.69 Å². The van der Waals surface area contributed by atoms with Gasteiger partial charge in [0.15, 0.2) is 0 Å². The Kier molecular flexibility index (Phi) is 4.11. The summed E-state index contributed by atoms with van der Waals surface area (Å²) < 4.78 is 1.59. The number of hydrogen-bond acceptors (Lipinski definition) is 4. The van der Waals surface area contributed by atoms with Crippen LogP contribution >= 0.6 is 0 Å². The third kappa shape index (κ3) is 2.87. The minimum absolute atomic E-state index is 0.0927. The molecule has 2 N–H and O–H groups in total. The van der Waals surface area contributed by atoms with Gasteiger partial charge in [0.05, 0.1) is 4.92 Å². The molecule has 0 aromatic carbocycles. The topological polar surface area (TPSA) is 87.0 Å². The fourth-order valence-electron chi connectivity index (χ4n) is 1.80. The Morgan fingerprint density at radius 1 is 1.50 bits per heavy atom. The second-order valence-electron chi connectivity index (χ2n) is 5.65. The quantitative estimate of drug-likeness (QED) is 0.655. The van der Waals surface area contributed by atoms with E-state index in [1.54, 1.807) is 11.7 Å². The SMILES string of the molecule is CCc1nn(C)c(CC(N)C(C)(C)C)c1[N+](=O)[O-]. The molecule has 0 bridgehead atoms. The molecule has 1 aromatic heterocycles. The number of aryl methyl sites for hydroxylation is 2. The van der Waals surface area contributed by atoms with Crippen molar-refractivity contribution in [2.24, 2.45) is 18.2 Å². The molecule has 0 aliphatic rings. The Bertz CT molecular complexity index is 446. The third-order valence-corrected chi connectivity index (χ3v) is 3.25. The van der Waals surface area contributed by atoms with Crippen molar-refractivity contribution in [2.75, 3.05) is 0 Å². The van der Waals surface area contributed by atoms with Crippen molar-refractivity contribution in [3.05, 3.63) is 21.5 Å². The van der Waals surface area contributed by atoms with E-state index < -0.39 is 0 Å². The van der Waals surface area contributed by atoms with Crippen molar-refractivity contribution in [1.29, 1.82) is 0 Å². The number of rotatable bonds is 4. The first-order valence-electron chi connectivity index (χ1n) is 6.13. The molecule has 1 rings (SSSR count). The van der Waals surface area contributed by atoms with Crippen molar-refractivity contribution in [3.63, 3.8) is 0 Å². The lowest BCUT2D eigenvalue weighted by Gasteiger charge is -2.26. The third-order valence-electron chi connectivity index (χ3n) is 3.25. The maximum atomic E-state index is 11.2. The van der Waals surface area contributed by atoms with Crippen LogP contribution in [0.1, 0.15) is 39.1 Å². The van der Waals surface area contributed by atoms with Crippen molar-refractivity contribution < 1.29 is 4.92 Å². The van der Waals surface area contributed by atoms with Crippen LogP contribution in [-0.4, -0.2) is 20.7 Å². The average Bonchev–Trinajstić information content (AvgIpc) is 2.54. The Hall–Kier alpha value is -1.43. The van der Waals surface area contributed by atoms with Crippen molar-refractivity contribution in [3.8, 4) is 0 Å². The molecule has 0 fully saturated rings. The van der Waals surface area contributed by atoms with Crippen LogP contribution in [-0.2, 0) is 19.9 Å². The summed E-state index contributed by atoms with van der Waals surface area (Å²) >= 11 is 0. The van der Waals surface area contributed by atoms with E-state index in [0.717, 1.165) is 0 Å². The van der Waals surface area contributed by atoms with Crippen molar-refractivity contribution in [2.45, 2.75) is 46.6 Å². The molecular formula is C12H22N4O2. The molecule has 1 unspecified atom stereocenters. The number of hydrogen-bond donors (Lipinski definition) is 1. The number of aromatic nitrogens is 2. The van der Waals surface area contributed by atoms with Gasteiger partial charge in [-0.05, 0) is 11.8 Å². The molecule has 0 aliphatic carbocycles. The number of nitro groups is 1. The van der Waals surface area contributed by atoms with Gasteiger partial charge in [-0.15, -0.1) is 0 Å². The van der Waals surface area contributed by atoms with Gasteiger partial charge < -0.3 is 5.73 Å². The minimum Gasteiger partial charge on any atom is -0.327 e. The monoisotopic (exact) mass is 254 g/mol. The average molecular weight is 254 g/mol. The van der Waals surface area contributed by atoms with Gasteiger partial charge >= 0.3 is 5.69 Å². The van der Waals surface area contributed by atoms with E-state index in [2.05, 4.69) is 5.10 Å². The second kappa shape index (κ2) is 5.06. The van der Waals surface area contributed by atoms with Gasteiger partial charge in [0.2, 0.25) is 0 Å². The molecular weight excluding hydrogens is 232 g/mol. The summed E-state index contributed by atoms with van der Waals surface area (Å²) in [5, 5.41) is 15.4. The van der Waals surface area contributed by atoms with Gasteiger partial charge in [-0.1, -0.05) is 27.7 Å². The number of nitrogens with two attached hydrogens (primary N) is 1. The van der Waals surface area contributed by atoms with E-state index in [1.165, 1.54) is 0 Å². The largest absolute Gasteiger partial charge is 0.327 e. The fourth-order valence-corrected chi connectivity index (χ4v) is 1.80. The predicted octanol–water partition coefficient (Wildman–Crippen LogP) is 1.81. The van der Waals surface area contributed by atoms with Gasteiger partial charge in [0.25, 0.3) is 0 Å². The summed E-state index contributed by atoms with van der Waals surface area (Å²) in [6.45, 7) is 7.95. The molecule has 1 aromatic rings. The molecule has 6 heteroatoms. The molecule has 0 amide bonds. The van der Waals surface area contributed by atoms with Gasteiger partial charge in [-0.25, -0.2) is 0 Å². The summed E-state index contributed by atoms with van der Waals surface area (Å²) in [4.78, 5) is 10.8. The molecule has 1 atom stereocenters. The van der Waals surface area contributed by atoms with Crippen LogP contribution in [0.3, 0.4) is 0 Å². The maximum absolute atomic E-state index is 11.2. The lowest BCUT2D eigenvalue weighted by Crippen LogP contribution is -2.37. The highest BCUT2D eigenvalue weighted by atomic mass is 16.6. The summed E-state index contributed by atoms with van der Waals surface area (Å²) in [5.41, 5.74) is 7.28. The molecule has 0 saturated heterocycles.